The first-order valence-electron chi connectivity index (χ1n) is 4.62. The largest absolute Gasteiger partial charge is 0.506 e. The maximum atomic E-state index is 13.2. The van der Waals surface area contributed by atoms with E-state index in [-0.39, 0.29) is 11.6 Å². The molecule has 0 aromatic carbocycles. The Morgan fingerprint density at radius 3 is 2.69 bits per heavy atom. The third-order valence-corrected chi connectivity index (χ3v) is 1.45. The lowest BCUT2D eigenvalue weighted by Crippen LogP contribution is -2.27. The third-order valence-electron chi connectivity index (χ3n) is 1.45. The predicted octanol–water partition coefficient (Wildman–Crippen LogP) is 2.27. The van der Waals surface area contributed by atoms with Crippen molar-refractivity contribution < 1.29 is 19.0 Å². The molecule has 0 radical (unpaired) electrons. The third kappa shape index (κ3) is 3.72. The summed E-state index contributed by atoms with van der Waals surface area (Å²) in [4.78, 5) is 14.8. The zero-order valence-electron chi connectivity index (χ0n) is 9.24. The van der Waals surface area contributed by atoms with Gasteiger partial charge in [-0.2, -0.15) is 0 Å². The molecular formula is C10H13FN2O3. The monoisotopic (exact) mass is 228 g/mol. The number of anilines is 1. The number of ether oxygens (including phenoxy) is 1. The standard InChI is InChI=1S/C10H13FN2O3/c1-10(2,3)16-9(15)13-8-7(11)4-6(14)5-12-8/h4-5,14H,1-3H3,(H,12,13,15). The molecule has 1 rings (SSSR count). The van der Waals surface area contributed by atoms with Crippen LogP contribution in [0.3, 0.4) is 0 Å². The maximum absolute atomic E-state index is 13.2. The molecular weight excluding hydrogens is 215 g/mol. The summed E-state index contributed by atoms with van der Waals surface area (Å²) < 4.78 is 18.1. The molecule has 0 spiro atoms. The fourth-order valence-electron chi connectivity index (χ4n) is 0.920. The van der Waals surface area contributed by atoms with Crippen LogP contribution in [0.2, 0.25) is 0 Å². The number of pyridine rings is 1. The average Bonchev–Trinajstić information content (AvgIpc) is 2.06. The number of aromatic nitrogens is 1. The molecule has 0 bridgehead atoms. The van der Waals surface area contributed by atoms with Crippen molar-refractivity contribution in [3.05, 3.63) is 18.1 Å². The molecule has 0 aliphatic heterocycles. The van der Waals surface area contributed by atoms with Gasteiger partial charge in [-0.3, -0.25) is 5.32 Å². The Hall–Kier alpha value is -1.85. The number of carbonyl (C=O) groups excluding carboxylic acids is 1. The first-order valence-corrected chi connectivity index (χ1v) is 4.62. The Balaban J connectivity index is 2.70. The molecule has 0 saturated carbocycles. The van der Waals surface area contributed by atoms with Gasteiger partial charge in [0.1, 0.15) is 11.4 Å². The molecule has 6 heteroatoms. The second kappa shape index (κ2) is 4.34. The van der Waals surface area contributed by atoms with Crippen LogP contribution in [0.25, 0.3) is 0 Å². The minimum absolute atomic E-state index is 0.285. The smallest absolute Gasteiger partial charge is 0.413 e. The Kier molecular flexibility index (Phi) is 3.31. The molecule has 5 nitrogen and oxygen atoms in total. The van der Waals surface area contributed by atoms with E-state index in [9.17, 15) is 9.18 Å². The predicted molar refractivity (Wildman–Crippen MR) is 55.7 cm³/mol. The quantitative estimate of drug-likeness (QED) is 0.773. The zero-order valence-corrected chi connectivity index (χ0v) is 9.24. The topological polar surface area (TPSA) is 71.5 Å². The van der Waals surface area contributed by atoms with Crippen molar-refractivity contribution in [1.82, 2.24) is 4.98 Å². The van der Waals surface area contributed by atoms with E-state index < -0.39 is 17.5 Å². The summed E-state index contributed by atoms with van der Waals surface area (Å²) in [5.74, 6) is -1.43. The molecule has 1 heterocycles. The Bertz CT molecular complexity index is 402. The summed E-state index contributed by atoms with van der Waals surface area (Å²) in [5.41, 5.74) is -0.669. The number of rotatable bonds is 1. The van der Waals surface area contributed by atoms with E-state index in [1.807, 2.05) is 0 Å². The summed E-state index contributed by atoms with van der Waals surface area (Å²) in [7, 11) is 0. The van der Waals surface area contributed by atoms with E-state index in [0.717, 1.165) is 12.3 Å². The minimum atomic E-state index is -0.828. The minimum Gasteiger partial charge on any atom is -0.506 e. The molecule has 0 aliphatic rings. The number of carbonyl (C=O) groups is 1. The van der Waals surface area contributed by atoms with Crippen molar-refractivity contribution in [2.45, 2.75) is 26.4 Å². The maximum Gasteiger partial charge on any atom is 0.413 e. The van der Waals surface area contributed by atoms with Crippen molar-refractivity contribution in [3.8, 4) is 5.75 Å². The SMILES string of the molecule is CC(C)(C)OC(=O)Nc1ncc(O)cc1F. The molecule has 2 N–H and O–H groups in total. The number of halogens is 1. The van der Waals surface area contributed by atoms with E-state index >= 15 is 0 Å². The van der Waals surface area contributed by atoms with Crippen LogP contribution in [0.4, 0.5) is 15.0 Å². The molecule has 1 aromatic heterocycles. The van der Waals surface area contributed by atoms with Gasteiger partial charge in [0.05, 0.1) is 6.20 Å². The second-order valence-electron chi connectivity index (χ2n) is 4.15. The van der Waals surface area contributed by atoms with Gasteiger partial charge in [-0.15, -0.1) is 0 Å². The fraction of sp³-hybridized carbons (Fsp3) is 0.400. The van der Waals surface area contributed by atoms with Crippen LogP contribution in [0.5, 0.6) is 5.75 Å². The van der Waals surface area contributed by atoms with Gasteiger partial charge < -0.3 is 9.84 Å². The molecule has 0 aliphatic carbocycles. The van der Waals surface area contributed by atoms with Crippen LogP contribution in [-0.2, 0) is 4.74 Å². The number of nitrogens with one attached hydrogen (secondary N) is 1. The molecule has 0 fully saturated rings. The van der Waals surface area contributed by atoms with E-state index in [1.165, 1.54) is 0 Å². The first-order chi connectivity index (χ1) is 7.28. The Labute approximate surface area is 92.3 Å². The van der Waals surface area contributed by atoms with Crippen LogP contribution in [-0.4, -0.2) is 21.8 Å². The summed E-state index contributed by atoms with van der Waals surface area (Å²) >= 11 is 0. The summed E-state index contributed by atoms with van der Waals surface area (Å²) in [5, 5.41) is 11.0. The average molecular weight is 228 g/mol. The first kappa shape index (κ1) is 12.2. The van der Waals surface area contributed by atoms with E-state index in [1.54, 1.807) is 20.8 Å². The van der Waals surface area contributed by atoms with Gasteiger partial charge in [-0.25, -0.2) is 14.2 Å². The molecule has 1 aromatic rings. The van der Waals surface area contributed by atoms with Crippen molar-refractivity contribution in [1.29, 1.82) is 0 Å². The van der Waals surface area contributed by atoms with Crippen molar-refractivity contribution in [2.75, 3.05) is 5.32 Å². The van der Waals surface area contributed by atoms with Gasteiger partial charge in [0.15, 0.2) is 11.6 Å². The molecule has 16 heavy (non-hydrogen) atoms. The van der Waals surface area contributed by atoms with Gasteiger partial charge in [0, 0.05) is 6.07 Å². The number of nitrogens with zero attached hydrogens (tertiary/aromatic N) is 1. The van der Waals surface area contributed by atoms with Gasteiger partial charge >= 0.3 is 6.09 Å². The summed E-state index contributed by atoms with van der Waals surface area (Å²) in [6.07, 6.45) is 0.222. The molecule has 0 atom stereocenters. The summed E-state index contributed by atoms with van der Waals surface area (Å²) in [6.45, 7) is 5.06. The highest BCUT2D eigenvalue weighted by atomic mass is 19.1. The lowest BCUT2D eigenvalue weighted by atomic mass is 10.2. The zero-order chi connectivity index (χ0) is 12.3. The van der Waals surface area contributed by atoms with Gasteiger partial charge in [-0.1, -0.05) is 0 Å². The van der Waals surface area contributed by atoms with Crippen molar-refractivity contribution in [3.63, 3.8) is 0 Å². The van der Waals surface area contributed by atoms with Crippen LogP contribution in [0, 0.1) is 5.82 Å². The number of amides is 1. The highest BCUT2D eigenvalue weighted by Crippen LogP contribution is 2.17. The lowest BCUT2D eigenvalue weighted by Gasteiger charge is -2.19. The van der Waals surface area contributed by atoms with Crippen LogP contribution >= 0.6 is 0 Å². The van der Waals surface area contributed by atoms with Gasteiger partial charge in [0.25, 0.3) is 0 Å². The van der Waals surface area contributed by atoms with Crippen molar-refractivity contribution >= 4 is 11.9 Å². The number of aromatic hydroxyl groups is 1. The Morgan fingerprint density at radius 1 is 1.56 bits per heavy atom. The molecule has 1 amide bonds. The number of hydrogen-bond acceptors (Lipinski definition) is 4. The van der Waals surface area contributed by atoms with E-state index in [4.69, 9.17) is 9.84 Å². The van der Waals surface area contributed by atoms with Crippen LogP contribution in [0.1, 0.15) is 20.8 Å². The van der Waals surface area contributed by atoms with Crippen LogP contribution < -0.4 is 5.32 Å². The second-order valence-corrected chi connectivity index (χ2v) is 4.15. The van der Waals surface area contributed by atoms with E-state index in [2.05, 4.69) is 10.3 Å². The normalized spacial score (nSPS) is 11.0. The summed E-state index contributed by atoms with van der Waals surface area (Å²) in [6, 6.07) is 0.847. The fourth-order valence-corrected chi connectivity index (χ4v) is 0.920. The molecule has 88 valence electrons. The lowest BCUT2D eigenvalue weighted by molar-refractivity contribution is 0.0634. The van der Waals surface area contributed by atoms with E-state index in [0.29, 0.717) is 0 Å². The van der Waals surface area contributed by atoms with Crippen LogP contribution in [0.15, 0.2) is 12.3 Å². The molecule has 0 unspecified atom stereocenters. The molecule has 0 saturated heterocycles. The van der Waals surface area contributed by atoms with Gasteiger partial charge in [0.2, 0.25) is 0 Å². The highest BCUT2D eigenvalue weighted by Gasteiger charge is 2.17. The Morgan fingerprint density at radius 2 is 2.19 bits per heavy atom. The van der Waals surface area contributed by atoms with Gasteiger partial charge in [-0.05, 0) is 20.8 Å². The highest BCUT2D eigenvalue weighted by molar-refractivity contribution is 5.83. The number of hydrogen-bond donors (Lipinski definition) is 2. The van der Waals surface area contributed by atoms with Crippen molar-refractivity contribution in [2.24, 2.45) is 0 Å².